The fraction of sp³-hybridized carbons (Fsp3) is 0.478. The van der Waals surface area contributed by atoms with Crippen LogP contribution in [0.1, 0.15) is 56.1 Å². The van der Waals surface area contributed by atoms with Gasteiger partial charge in [0.2, 0.25) is 0 Å². The average molecular weight is 439 g/mol. The Balaban J connectivity index is 1.63. The van der Waals surface area contributed by atoms with Gasteiger partial charge < -0.3 is 4.90 Å². The van der Waals surface area contributed by atoms with Gasteiger partial charge in [-0.1, -0.05) is 33.8 Å². The number of hydrogen-bond acceptors (Lipinski definition) is 6. The van der Waals surface area contributed by atoms with Crippen LogP contribution in [0.5, 0.6) is 0 Å². The summed E-state index contributed by atoms with van der Waals surface area (Å²) in [5.41, 5.74) is 2.37. The molecule has 3 aromatic heterocycles. The van der Waals surface area contributed by atoms with Gasteiger partial charge in [-0.15, -0.1) is 11.3 Å². The first-order valence-corrected chi connectivity index (χ1v) is 11.9. The largest absolute Gasteiger partial charge is 0.337 e. The van der Waals surface area contributed by atoms with Gasteiger partial charge in [0.1, 0.15) is 0 Å². The second-order valence-electron chi connectivity index (χ2n) is 8.14. The molecule has 7 nitrogen and oxygen atoms in total. The van der Waals surface area contributed by atoms with E-state index >= 15 is 0 Å². The SMILES string of the molecule is CCN(CC)[C@@H]1CCN(C(=O)c2cnn(-c3nccc(-c4cccs4)n3)c2C(C)C)C1. The highest BCUT2D eigenvalue weighted by molar-refractivity contribution is 7.13. The Kier molecular flexibility index (Phi) is 6.48. The van der Waals surface area contributed by atoms with Crippen molar-refractivity contribution in [1.82, 2.24) is 29.5 Å². The minimum Gasteiger partial charge on any atom is -0.337 e. The van der Waals surface area contributed by atoms with Crippen molar-refractivity contribution in [2.75, 3.05) is 26.2 Å². The number of likely N-dealkylation sites (tertiary alicyclic amines) is 1. The number of carbonyl (C=O) groups is 1. The van der Waals surface area contributed by atoms with Gasteiger partial charge in [-0.05, 0) is 42.9 Å². The normalized spacial score (nSPS) is 16.6. The molecule has 8 heteroatoms. The number of amides is 1. The Bertz CT molecular complexity index is 1020. The van der Waals surface area contributed by atoms with E-state index in [0.717, 1.165) is 48.9 Å². The van der Waals surface area contributed by atoms with Gasteiger partial charge in [0.05, 0.1) is 28.0 Å². The van der Waals surface area contributed by atoms with E-state index in [4.69, 9.17) is 4.98 Å². The van der Waals surface area contributed by atoms with E-state index in [9.17, 15) is 4.79 Å². The highest BCUT2D eigenvalue weighted by Gasteiger charge is 2.32. The maximum absolute atomic E-state index is 13.4. The first-order chi connectivity index (χ1) is 15.0. The van der Waals surface area contributed by atoms with Crippen LogP contribution in [0.4, 0.5) is 0 Å². The molecule has 0 radical (unpaired) electrons. The summed E-state index contributed by atoms with van der Waals surface area (Å²) in [6, 6.07) is 6.38. The molecule has 0 aromatic carbocycles. The lowest BCUT2D eigenvalue weighted by atomic mass is 10.1. The van der Waals surface area contributed by atoms with E-state index in [1.165, 1.54) is 0 Å². The van der Waals surface area contributed by atoms with Crippen molar-refractivity contribution >= 4 is 17.2 Å². The quantitative estimate of drug-likeness (QED) is 0.556. The summed E-state index contributed by atoms with van der Waals surface area (Å²) in [5.74, 6) is 0.659. The van der Waals surface area contributed by atoms with Crippen LogP contribution in [0.3, 0.4) is 0 Å². The van der Waals surface area contributed by atoms with Gasteiger partial charge in [-0.3, -0.25) is 9.69 Å². The van der Waals surface area contributed by atoms with Crippen molar-refractivity contribution < 1.29 is 4.79 Å². The fourth-order valence-corrected chi connectivity index (χ4v) is 5.08. The molecule has 164 valence electrons. The van der Waals surface area contributed by atoms with Crippen LogP contribution in [-0.4, -0.2) is 67.7 Å². The Morgan fingerprint density at radius 3 is 2.77 bits per heavy atom. The molecule has 1 aliphatic rings. The predicted octanol–water partition coefficient (Wildman–Crippen LogP) is 4.07. The molecule has 1 atom stereocenters. The summed E-state index contributed by atoms with van der Waals surface area (Å²) < 4.78 is 1.73. The summed E-state index contributed by atoms with van der Waals surface area (Å²) >= 11 is 1.64. The molecule has 0 aliphatic carbocycles. The van der Waals surface area contributed by atoms with Crippen molar-refractivity contribution in [3.63, 3.8) is 0 Å². The van der Waals surface area contributed by atoms with Gasteiger partial charge in [0.15, 0.2) is 0 Å². The third-order valence-corrected chi connectivity index (χ3v) is 6.86. The van der Waals surface area contributed by atoms with Gasteiger partial charge in [0, 0.05) is 25.3 Å². The first kappa shape index (κ1) is 21.6. The van der Waals surface area contributed by atoms with Crippen molar-refractivity contribution in [2.24, 2.45) is 0 Å². The van der Waals surface area contributed by atoms with Crippen LogP contribution < -0.4 is 0 Å². The molecule has 31 heavy (non-hydrogen) atoms. The summed E-state index contributed by atoms with van der Waals surface area (Å²) in [5, 5.41) is 6.58. The molecule has 0 bridgehead atoms. The number of carbonyl (C=O) groups excluding carboxylic acids is 1. The highest BCUT2D eigenvalue weighted by Crippen LogP contribution is 2.27. The van der Waals surface area contributed by atoms with E-state index in [1.807, 2.05) is 28.5 Å². The third kappa shape index (κ3) is 4.27. The molecule has 4 rings (SSSR count). The number of aromatic nitrogens is 4. The smallest absolute Gasteiger partial charge is 0.257 e. The second kappa shape index (κ2) is 9.28. The van der Waals surface area contributed by atoms with Crippen molar-refractivity contribution in [2.45, 2.75) is 46.1 Å². The van der Waals surface area contributed by atoms with Crippen LogP contribution in [0, 0.1) is 0 Å². The van der Waals surface area contributed by atoms with E-state index in [-0.39, 0.29) is 11.8 Å². The summed E-state index contributed by atoms with van der Waals surface area (Å²) in [6.07, 6.45) is 4.45. The average Bonchev–Trinajstić information content (AvgIpc) is 3.55. The Hall–Kier alpha value is -2.58. The lowest BCUT2D eigenvalue weighted by Gasteiger charge is -2.26. The predicted molar refractivity (Wildman–Crippen MR) is 124 cm³/mol. The molecule has 4 heterocycles. The van der Waals surface area contributed by atoms with Crippen molar-refractivity contribution in [3.8, 4) is 16.5 Å². The molecule has 3 aromatic rings. The Labute approximate surface area is 187 Å². The van der Waals surface area contributed by atoms with Crippen LogP contribution in [0.2, 0.25) is 0 Å². The number of likely N-dealkylation sites (N-methyl/N-ethyl adjacent to an activating group) is 1. The van der Waals surface area contributed by atoms with E-state index in [1.54, 1.807) is 28.4 Å². The monoisotopic (exact) mass is 438 g/mol. The van der Waals surface area contributed by atoms with Crippen LogP contribution >= 0.6 is 11.3 Å². The molecule has 0 N–H and O–H groups in total. The Morgan fingerprint density at radius 2 is 2.10 bits per heavy atom. The first-order valence-electron chi connectivity index (χ1n) is 11.0. The van der Waals surface area contributed by atoms with Gasteiger partial charge >= 0.3 is 0 Å². The van der Waals surface area contributed by atoms with Gasteiger partial charge in [-0.25, -0.2) is 14.6 Å². The lowest BCUT2D eigenvalue weighted by molar-refractivity contribution is 0.0776. The standard InChI is InChI=1S/C23H30N6OS/c1-5-27(6-2)17-10-12-28(15-17)22(30)18-14-25-29(21(18)16(3)4)23-24-11-9-19(26-23)20-8-7-13-31-20/h7-9,11,13-14,16-17H,5-6,10,12,15H2,1-4H3/t17-/m1/s1. The molecule has 1 amide bonds. The molecule has 0 spiro atoms. The van der Waals surface area contributed by atoms with Gasteiger partial charge in [0.25, 0.3) is 11.9 Å². The van der Waals surface area contributed by atoms with Crippen LogP contribution in [0.15, 0.2) is 36.0 Å². The number of nitrogens with zero attached hydrogens (tertiary/aromatic N) is 6. The topological polar surface area (TPSA) is 67.2 Å². The van der Waals surface area contributed by atoms with E-state index in [0.29, 0.717) is 17.6 Å². The van der Waals surface area contributed by atoms with Crippen LogP contribution in [0.25, 0.3) is 16.5 Å². The summed E-state index contributed by atoms with van der Waals surface area (Å²) in [7, 11) is 0. The summed E-state index contributed by atoms with van der Waals surface area (Å²) in [6.45, 7) is 12.1. The maximum atomic E-state index is 13.4. The molecule has 0 unspecified atom stereocenters. The van der Waals surface area contributed by atoms with E-state index < -0.39 is 0 Å². The van der Waals surface area contributed by atoms with Gasteiger partial charge in [-0.2, -0.15) is 5.10 Å². The highest BCUT2D eigenvalue weighted by atomic mass is 32.1. The minimum atomic E-state index is 0.0546. The van der Waals surface area contributed by atoms with Crippen LogP contribution in [-0.2, 0) is 0 Å². The molecule has 0 saturated carbocycles. The van der Waals surface area contributed by atoms with Crippen molar-refractivity contribution in [3.05, 3.63) is 47.2 Å². The Morgan fingerprint density at radius 1 is 1.29 bits per heavy atom. The number of hydrogen-bond donors (Lipinski definition) is 0. The zero-order valence-electron chi connectivity index (χ0n) is 18.7. The molecular formula is C23H30N6OS. The third-order valence-electron chi connectivity index (χ3n) is 5.97. The lowest BCUT2D eigenvalue weighted by Crippen LogP contribution is -2.38. The molecular weight excluding hydrogens is 408 g/mol. The second-order valence-corrected chi connectivity index (χ2v) is 9.09. The van der Waals surface area contributed by atoms with Crippen molar-refractivity contribution in [1.29, 1.82) is 0 Å². The molecule has 1 fully saturated rings. The minimum absolute atomic E-state index is 0.0546. The zero-order valence-corrected chi connectivity index (χ0v) is 19.5. The molecule has 1 saturated heterocycles. The fourth-order valence-electron chi connectivity index (χ4n) is 4.38. The van der Waals surface area contributed by atoms with E-state index in [2.05, 4.69) is 42.7 Å². The number of thiophene rings is 1. The zero-order chi connectivity index (χ0) is 22.0. The maximum Gasteiger partial charge on any atom is 0.257 e. The number of rotatable bonds is 7. The molecule has 1 aliphatic heterocycles. The summed E-state index contributed by atoms with van der Waals surface area (Å²) in [4.78, 5) is 28.1.